The number of nitrogens with one attached hydrogen (secondary N) is 1. The smallest absolute Gasteiger partial charge is 0.0468 e. The molecule has 1 nitrogen and oxygen atoms in total. The van der Waals surface area contributed by atoms with E-state index in [0.717, 1.165) is 23.6 Å². The summed E-state index contributed by atoms with van der Waals surface area (Å²) in [5.41, 5.74) is 1.15. The van der Waals surface area contributed by atoms with E-state index in [0.29, 0.717) is 17.0 Å². The molecule has 1 aromatic rings. The first-order chi connectivity index (χ1) is 8.04. The van der Waals surface area contributed by atoms with E-state index in [1.54, 1.807) is 0 Å². The molecule has 0 fully saturated rings. The molecular weight excluding hydrogens is 253 g/mol. The van der Waals surface area contributed by atoms with Crippen molar-refractivity contribution in [2.75, 3.05) is 6.54 Å². The van der Waals surface area contributed by atoms with Gasteiger partial charge >= 0.3 is 0 Å². The summed E-state index contributed by atoms with van der Waals surface area (Å²) in [5.74, 6) is 0.710. The van der Waals surface area contributed by atoms with Gasteiger partial charge in [0.25, 0.3) is 0 Å². The summed E-state index contributed by atoms with van der Waals surface area (Å²) in [5, 5.41) is 4.94. The molecule has 17 heavy (non-hydrogen) atoms. The minimum absolute atomic E-state index is 0.326. The van der Waals surface area contributed by atoms with Crippen LogP contribution in [0, 0.1) is 5.92 Å². The Kier molecular flexibility index (Phi) is 6.32. The number of halogens is 2. The maximum absolute atomic E-state index is 6.25. The molecular formula is C14H21Cl2N. The van der Waals surface area contributed by atoms with Crippen LogP contribution in [0.5, 0.6) is 0 Å². The van der Waals surface area contributed by atoms with Crippen LogP contribution in [-0.4, -0.2) is 6.54 Å². The zero-order chi connectivity index (χ0) is 12.8. The van der Waals surface area contributed by atoms with Crippen molar-refractivity contribution in [3.8, 4) is 0 Å². The quantitative estimate of drug-likeness (QED) is 0.762. The van der Waals surface area contributed by atoms with Gasteiger partial charge in [-0.15, -0.1) is 0 Å². The van der Waals surface area contributed by atoms with Gasteiger partial charge in [0.05, 0.1) is 0 Å². The summed E-state index contributed by atoms with van der Waals surface area (Å²) < 4.78 is 0. The van der Waals surface area contributed by atoms with E-state index in [1.165, 1.54) is 6.42 Å². The third kappa shape index (κ3) is 4.87. The van der Waals surface area contributed by atoms with E-state index < -0.39 is 0 Å². The first-order valence-corrected chi connectivity index (χ1v) is 6.98. The van der Waals surface area contributed by atoms with Crippen LogP contribution < -0.4 is 5.32 Å². The number of rotatable bonds is 6. The first kappa shape index (κ1) is 14.8. The summed E-state index contributed by atoms with van der Waals surface area (Å²) in [6, 6.07) is 6.08. The number of hydrogen-bond acceptors (Lipinski definition) is 1. The first-order valence-electron chi connectivity index (χ1n) is 6.23. The lowest BCUT2D eigenvalue weighted by atomic mass is 9.97. The molecule has 0 aliphatic carbocycles. The van der Waals surface area contributed by atoms with Crippen molar-refractivity contribution in [1.82, 2.24) is 5.32 Å². The van der Waals surface area contributed by atoms with Gasteiger partial charge in [0, 0.05) is 16.1 Å². The molecule has 0 aliphatic heterocycles. The van der Waals surface area contributed by atoms with E-state index in [4.69, 9.17) is 23.2 Å². The predicted octanol–water partition coefficient (Wildman–Crippen LogP) is 5.08. The molecule has 1 unspecified atom stereocenters. The maximum atomic E-state index is 6.25. The molecule has 0 saturated heterocycles. The molecule has 3 heteroatoms. The van der Waals surface area contributed by atoms with Gasteiger partial charge < -0.3 is 5.32 Å². The van der Waals surface area contributed by atoms with E-state index in [2.05, 4.69) is 26.1 Å². The molecule has 0 saturated carbocycles. The van der Waals surface area contributed by atoms with Gasteiger partial charge in [0.2, 0.25) is 0 Å². The SMILES string of the molecule is CCNC(CCC(C)C)c1ccc(Cl)cc1Cl. The van der Waals surface area contributed by atoms with Crippen molar-refractivity contribution >= 4 is 23.2 Å². The monoisotopic (exact) mass is 273 g/mol. The van der Waals surface area contributed by atoms with Gasteiger partial charge in [0.15, 0.2) is 0 Å². The number of benzene rings is 1. The van der Waals surface area contributed by atoms with Crippen molar-refractivity contribution in [2.24, 2.45) is 5.92 Å². The summed E-state index contributed by atoms with van der Waals surface area (Å²) in [4.78, 5) is 0. The molecule has 0 radical (unpaired) electrons. The Morgan fingerprint density at radius 2 is 1.88 bits per heavy atom. The lowest BCUT2D eigenvalue weighted by Crippen LogP contribution is -2.21. The fraction of sp³-hybridized carbons (Fsp3) is 0.571. The second-order valence-corrected chi connectivity index (χ2v) is 5.59. The van der Waals surface area contributed by atoms with Gasteiger partial charge in [-0.3, -0.25) is 0 Å². The second kappa shape index (κ2) is 7.25. The van der Waals surface area contributed by atoms with E-state index in [-0.39, 0.29) is 0 Å². The number of hydrogen-bond donors (Lipinski definition) is 1. The normalized spacial score (nSPS) is 13.1. The third-order valence-electron chi connectivity index (χ3n) is 2.82. The molecule has 0 spiro atoms. The summed E-state index contributed by atoms with van der Waals surface area (Å²) >= 11 is 12.2. The highest BCUT2D eigenvalue weighted by Crippen LogP contribution is 2.29. The Bertz CT molecular complexity index is 350. The minimum Gasteiger partial charge on any atom is -0.310 e. The van der Waals surface area contributed by atoms with Crippen LogP contribution in [0.25, 0.3) is 0 Å². The average molecular weight is 274 g/mol. The van der Waals surface area contributed by atoms with Crippen LogP contribution in [-0.2, 0) is 0 Å². The molecule has 1 aromatic carbocycles. The fourth-order valence-electron chi connectivity index (χ4n) is 1.90. The second-order valence-electron chi connectivity index (χ2n) is 4.75. The molecule has 0 aromatic heterocycles. The largest absolute Gasteiger partial charge is 0.310 e. The molecule has 1 atom stereocenters. The maximum Gasteiger partial charge on any atom is 0.0468 e. The summed E-state index contributed by atoms with van der Waals surface area (Å²) in [6.07, 6.45) is 2.30. The molecule has 96 valence electrons. The van der Waals surface area contributed by atoms with Gasteiger partial charge in [-0.2, -0.15) is 0 Å². The Labute approximate surface area is 115 Å². The summed E-state index contributed by atoms with van der Waals surface area (Å²) in [6.45, 7) is 7.55. The van der Waals surface area contributed by atoms with E-state index in [1.807, 2.05) is 18.2 Å². The molecule has 0 bridgehead atoms. The average Bonchev–Trinajstić information content (AvgIpc) is 2.24. The predicted molar refractivity (Wildman–Crippen MR) is 77.0 cm³/mol. The Balaban J connectivity index is 2.81. The van der Waals surface area contributed by atoms with Gasteiger partial charge in [-0.05, 0) is 43.0 Å². The van der Waals surface area contributed by atoms with Crippen molar-refractivity contribution in [3.05, 3.63) is 33.8 Å². The standard InChI is InChI=1S/C14H21Cl2N/c1-4-17-14(8-5-10(2)3)12-7-6-11(15)9-13(12)16/h6-7,9-10,14,17H,4-5,8H2,1-3H3. The lowest BCUT2D eigenvalue weighted by Gasteiger charge is -2.20. The summed E-state index contributed by atoms with van der Waals surface area (Å²) in [7, 11) is 0. The highest BCUT2D eigenvalue weighted by Gasteiger charge is 2.14. The van der Waals surface area contributed by atoms with Crippen molar-refractivity contribution in [2.45, 2.75) is 39.7 Å². The zero-order valence-electron chi connectivity index (χ0n) is 10.8. The van der Waals surface area contributed by atoms with Crippen molar-refractivity contribution < 1.29 is 0 Å². The highest BCUT2D eigenvalue weighted by atomic mass is 35.5. The van der Waals surface area contributed by atoms with Crippen LogP contribution in [0.1, 0.15) is 45.2 Å². The van der Waals surface area contributed by atoms with Gasteiger partial charge in [0.1, 0.15) is 0 Å². The molecule has 1 N–H and O–H groups in total. The molecule has 0 heterocycles. The fourth-order valence-corrected chi connectivity index (χ4v) is 2.44. The molecule has 0 aliphatic rings. The van der Waals surface area contributed by atoms with Crippen LogP contribution in [0.3, 0.4) is 0 Å². The molecule has 1 rings (SSSR count). The third-order valence-corrected chi connectivity index (χ3v) is 3.38. The van der Waals surface area contributed by atoms with E-state index >= 15 is 0 Å². The zero-order valence-corrected chi connectivity index (χ0v) is 12.3. The van der Waals surface area contributed by atoms with Crippen LogP contribution in [0.4, 0.5) is 0 Å². The van der Waals surface area contributed by atoms with Crippen molar-refractivity contribution in [3.63, 3.8) is 0 Å². The molecule has 0 amide bonds. The minimum atomic E-state index is 0.326. The van der Waals surface area contributed by atoms with Crippen LogP contribution in [0.2, 0.25) is 10.0 Å². The lowest BCUT2D eigenvalue weighted by molar-refractivity contribution is 0.448. The highest BCUT2D eigenvalue weighted by molar-refractivity contribution is 6.35. The van der Waals surface area contributed by atoms with Crippen LogP contribution >= 0.6 is 23.2 Å². The Morgan fingerprint density at radius 3 is 2.41 bits per heavy atom. The van der Waals surface area contributed by atoms with Gasteiger partial charge in [-0.1, -0.05) is 50.0 Å². The van der Waals surface area contributed by atoms with Gasteiger partial charge in [-0.25, -0.2) is 0 Å². The van der Waals surface area contributed by atoms with Crippen molar-refractivity contribution in [1.29, 1.82) is 0 Å². The topological polar surface area (TPSA) is 12.0 Å². The Hall–Kier alpha value is -0.240. The Morgan fingerprint density at radius 1 is 1.18 bits per heavy atom. The van der Waals surface area contributed by atoms with Crippen LogP contribution in [0.15, 0.2) is 18.2 Å². The van der Waals surface area contributed by atoms with E-state index in [9.17, 15) is 0 Å².